The molecule has 0 bridgehead atoms. The Kier molecular flexibility index (Phi) is 7.98. The number of hydrogen-bond acceptors (Lipinski definition) is 3. The van der Waals surface area contributed by atoms with Crippen LogP contribution in [-0.2, 0) is 6.42 Å². The number of allylic oxidation sites excluding steroid dienone is 1. The predicted molar refractivity (Wildman–Crippen MR) is 119 cm³/mol. The van der Waals surface area contributed by atoms with Crippen molar-refractivity contribution in [3.63, 3.8) is 0 Å². The van der Waals surface area contributed by atoms with Gasteiger partial charge in [-0.1, -0.05) is 82.8 Å². The van der Waals surface area contributed by atoms with Crippen molar-refractivity contribution in [2.24, 2.45) is 0 Å². The molecule has 3 nitrogen and oxygen atoms in total. The molecule has 0 spiro atoms. The fraction of sp³-hybridized carbons (Fsp3) is 0.308. The molecule has 2 aromatic rings. The Morgan fingerprint density at radius 3 is 2.38 bits per heavy atom. The molecule has 3 rings (SSSR count). The van der Waals surface area contributed by atoms with Crippen molar-refractivity contribution < 1.29 is 4.79 Å². The largest absolute Gasteiger partial charge is 0.360 e. The van der Waals surface area contributed by atoms with Gasteiger partial charge in [0.25, 0.3) is 0 Å². The highest BCUT2D eigenvalue weighted by Crippen LogP contribution is 2.43. The molecule has 1 heterocycles. The molecule has 0 N–H and O–H groups in total. The van der Waals surface area contributed by atoms with E-state index >= 15 is 0 Å². The highest BCUT2D eigenvalue weighted by molar-refractivity contribution is 6.11. The third-order valence-corrected chi connectivity index (χ3v) is 5.02. The molecule has 0 aromatic heterocycles. The number of carbonyl (C=O) groups excluding carboxylic acids is 1. The number of nitrogens with zero attached hydrogens (tertiary/aromatic N) is 2. The number of ketones is 1. The quantitative estimate of drug-likeness (QED) is 0.550. The summed E-state index contributed by atoms with van der Waals surface area (Å²) in [5.41, 5.74) is 4.33. The van der Waals surface area contributed by atoms with Gasteiger partial charge in [0.2, 0.25) is 0 Å². The molecular formula is C26H30N2O. The zero-order valence-corrected chi connectivity index (χ0v) is 17.9. The Balaban J connectivity index is 0.00000145. The molecule has 0 saturated heterocycles. The maximum atomic E-state index is 13.5. The van der Waals surface area contributed by atoms with Gasteiger partial charge in [-0.2, -0.15) is 5.26 Å². The molecule has 0 radical (unpaired) electrons. The van der Waals surface area contributed by atoms with E-state index < -0.39 is 0 Å². The van der Waals surface area contributed by atoms with Gasteiger partial charge in [-0.15, -0.1) is 0 Å². The van der Waals surface area contributed by atoms with Crippen molar-refractivity contribution in [1.82, 2.24) is 4.90 Å². The van der Waals surface area contributed by atoms with Crippen LogP contribution < -0.4 is 0 Å². The maximum Gasteiger partial charge on any atom is 0.192 e. The summed E-state index contributed by atoms with van der Waals surface area (Å²) in [6.45, 7) is 13.0. The molecule has 1 unspecified atom stereocenters. The lowest BCUT2D eigenvalue weighted by molar-refractivity contribution is 0.101. The van der Waals surface area contributed by atoms with Gasteiger partial charge < -0.3 is 4.90 Å². The van der Waals surface area contributed by atoms with Crippen LogP contribution in [0.15, 0.2) is 78.0 Å². The maximum absolute atomic E-state index is 13.5. The van der Waals surface area contributed by atoms with E-state index in [0.717, 1.165) is 30.5 Å². The first kappa shape index (κ1) is 22.2. The Bertz CT molecular complexity index is 935. The van der Waals surface area contributed by atoms with Crippen molar-refractivity contribution in [2.75, 3.05) is 6.54 Å². The van der Waals surface area contributed by atoms with E-state index in [2.05, 4.69) is 31.4 Å². The van der Waals surface area contributed by atoms with Gasteiger partial charge in [0.05, 0.1) is 11.6 Å². The predicted octanol–water partition coefficient (Wildman–Crippen LogP) is 6.26. The van der Waals surface area contributed by atoms with Gasteiger partial charge in [0, 0.05) is 23.4 Å². The zero-order chi connectivity index (χ0) is 21.4. The molecule has 1 atom stereocenters. The Hall–Kier alpha value is -3.12. The van der Waals surface area contributed by atoms with Crippen LogP contribution in [0.4, 0.5) is 0 Å². The minimum Gasteiger partial charge on any atom is -0.360 e. The van der Waals surface area contributed by atoms with Gasteiger partial charge >= 0.3 is 0 Å². The lowest BCUT2D eigenvalue weighted by atomic mass is 9.90. The van der Waals surface area contributed by atoms with E-state index in [1.54, 1.807) is 0 Å². The monoisotopic (exact) mass is 386 g/mol. The normalized spacial score (nSPS) is 15.6. The van der Waals surface area contributed by atoms with Crippen molar-refractivity contribution in [1.29, 1.82) is 5.26 Å². The number of Topliss-reactive ketones (excluding diaryl/α,β-unsaturated/α-hetero) is 1. The fourth-order valence-corrected chi connectivity index (χ4v) is 3.68. The average molecular weight is 387 g/mol. The molecule has 0 fully saturated rings. The Morgan fingerprint density at radius 1 is 1.10 bits per heavy atom. The summed E-state index contributed by atoms with van der Waals surface area (Å²) >= 11 is 0. The smallest absolute Gasteiger partial charge is 0.192 e. The third kappa shape index (κ3) is 4.49. The van der Waals surface area contributed by atoms with Crippen LogP contribution in [0.1, 0.15) is 61.6 Å². The lowest BCUT2D eigenvalue weighted by Gasteiger charge is -2.29. The van der Waals surface area contributed by atoms with Gasteiger partial charge in [0.15, 0.2) is 5.78 Å². The van der Waals surface area contributed by atoms with Crippen molar-refractivity contribution in [3.8, 4) is 6.07 Å². The van der Waals surface area contributed by atoms with E-state index in [1.165, 1.54) is 0 Å². The summed E-state index contributed by atoms with van der Waals surface area (Å²) in [6.07, 6.45) is 1.77. The number of aryl methyl sites for hydroxylation is 1. The highest BCUT2D eigenvalue weighted by atomic mass is 16.1. The van der Waals surface area contributed by atoms with Crippen molar-refractivity contribution in [3.05, 3.63) is 94.7 Å². The molecule has 1 aliphatic rings. The van der Waals surface area contributed by atoms with Crippen LogP contribution in [0.5, 0.6) is 0 Å². The Morgan fingerprint density at radius 2 is 1.79 bits per heavy atom. The van der Waals surface area contributed by atoms with Crippen molar-refractivity contribution >= 4 is 5.78 Å². The Labute approximate surface area is 175 Å². The van der Waals surface area contributed by atoms with Gasteiger partial charge in [-0.25, -0.2) is 0 Å². The van der Waals surface area contributed by atoms with Crippen LogP contribution in [0.25, 0.3) is 0 Å². The average Bonchev–Trinajstić information content (AvgIpc) is 3.07. The summed E-state index contributed by atoms with van der Waals surface area (Å²) in [5, 5.41) is 9.81. The minimum atomic E-state index is -0.272. The summed E-state index contributed by atoms with van der Waals surface area (Å²) < 4.78 is 0. The molecule has 3 heteroatoms. The van der Waals surface area contributed by atoms with Gasteiger partial charge in [-0.05, 0) is 30.0 Å². The summed E-state index contributed by atoms with van der Waals surface area (Å²) in [4.78, 5) is 15.6. The number of nitriles is 1. The molecule has 29 heavy (non-hydrogen) atoms. The SMILES string of the molecule is C=C1C(C#N)=C(C(=O)c2cccc(CC)c2)C(c2ccccc2)N1CCC.CC. The molecule has 2 aromatic carbocycles. The molecule has 0 saturated carbocycles. The van der Waals surface area contributed by atoms with Crippen LogP contribution in [0.3, 0.4) is 0 Å². The van der Waals surface area contributed by atoms with Crippen molar-refractivity contribution in [2.45, 2.75) is 46.6 Å². The first-order valence-corrected chi connectivity index (χ1v) is 10.4. The number of rotatable bonds is 6. The molecule has 1 aliphatic heterocycles. The number of carbonyl (C=O) groups is 1. The first-order valence-electron chi connectivity index (χ1n) is 10.4. The van der Waals surface area contributed by atoms with E-state index in [-0.39, 0.29) is 11.8 Å². The van der Waals surface area contributed by atoms with E-state index in [0.29, 0.717) is 22.4 Å². The number of hydrogen-bond donors (Lipinski definition) is 0. The van der Waals surface area contributed by atoms with Crippen LogP contribution in [-0.4, -0.2) is 17.2 Å². The lowest BCUT2D eigenvalue weighted by Crippen LogP contribution is -2.26. The first-order chi connectivity index (χ1) is 14.1. The molecule has 0 aliphatic carbocycles. The summed E-state index contributed by atoms with van der Waals surface area (Å²) in [6, 6.07) is 19.6. The van der Waals surface area contributed by atoms with E-state index in [4.69, 9.17) is 0 Å². The van der Waals surface area contributed by atoms with E-state index in [9.17, 15) is 10.1 Å². The second kappa shape index (κ2) is 10.4. The third-order valence-electron chi connectivity index (χ3n) is 5.02. The summed E-state index contributed by atoms with van der Waals surface area (Å²) in [7, 11) is 0. The second-order valence-electron chi connectivity index (χ2n) is 6.74. The van der Waals surface area contributed by atoms with Gasteiger partial charge in [-0.3, -0.25) is 4.79 Å². The number of benzene rings is 2. The second-order valence-corrected chi connectivity index (χ2v) is 6.74. The highest BCUT2D eigenvalue weighted by Gasteiger charge is 2.39. The minimum absolute atomic E-state index is 0.0875. The molecule has 0 amide bonds. The van der Waals surface area contributed by atoms with Gasteiger partial charge in [0.1, 0.15) is 6.07 Å². The van der Waals surface area contributed by atoms with Crippen LogP contribution in [0, 0.1) is 11.3 Å². The molecular weight excluding hydrogens is 356 g/mol. The standard InChI is InChI=1S/C24H24N2O.C2H6/c1-4-14-26-17(3)21(16-25)22(23(26)19-11-7-6-8-12-19)24(27)20-13-9-10-18(5-2)15-20;1-2/h6-13,15,23H,3-5,14H2,1-2H3;1-2H3. The zero-order valence-electron chi connectivity index (χ0n) is 17.9. The van der Waals surface area contributed by atoms with Crippen LogP contribution >= 0.6 is 0 Å². The topological polar surface area (TPSA) is 44.1 Å². The molecule has 150 valence electrons. The van der Waals surface area contributed by atoms with Crippen LogP contribution in [0.2, 0.25) is 0 Å². The fourth-order valence-electron chi connectivity index (χ4n) is 3.68. The summed E-state index contributed by atoms with van der Waals surface area (Å²) in [5.74, 6) is -0.0875. The van der Waals surface area contributed by atoms with E-state index in [1.807, 2.05) is 68.4 Å².